The predicted octanol–water partition coefficient (Wildman–Crippen LogP) is 6.87. The highest BCUT2D eigenvalue weighted by atomic mass is 19.1. The molecule has 0 radical (unpaired) electrons. The molecule has 0 saturated carbocycles. The number of carbonyl (C=O) groups excluding carboxylic acids is 2. The van der Waals surface area contributed by atoms with Crippen molar-refractivity contribution < 1.29 is 18.4 Å². The summed E-state index contributed by atoms with van der Waals surface area (Å²) in [6.45, 7) is 20.5. The molecule has 0 aliphatic carbocycles. The Morgan fingerprint density at radius 2 is 1.04 bits per heavy atom. The Bertz CT molecular complexity index is 2830. The maximum atomic E-state index is 15.2. The first kappa shape index (κ1) is 51.5. The van der Waals surface area contributed by atoms with Crippen LogP contribution in [0.15, 0.2) is 73.8 Å². The van der Waals surface area contributed by atoms with Crippen LogP contribution >= 0.6 is 0 Å². The van der Waals surface area contributed by atoms with E-state index >= 15 is 8.78 Å². The molecule has 2 atom stereocenters. The number of hydrogen-bond acceptors (Lipinski definition) is 12. The van der Waals surface area contributed by atoms with Crippen LogP contribution in [0.3, 0.4) is 0 Å². The molecule has 8 aliphatic rings. The molecule has 2 aromatic carbocycles. The average molecular weight is 1030 g/mol. The molecule has 14 nitrogen and oxygen atoms in total. The van der Waals surface area contributed by atoms with Gasteiger partial charge in [-0.3, -0.25) is 19.4 Å². The van der Waals surface area contributed by atoms with Gasteiger partial charge in [-0.1, -0.05) is 49.6 Å². The Hall–Kier alpha value is -6.56. The second-order valence-corrected chi connectivity index (χ2v) is 23.1. The van der Waals surface area contributed by atoms with Crippen LogP contribution in [0.4, 0.5) is 20.4 Å². The van der Waals surface area contributed by atoms with Crippen LogP contribution in [0.5, 0.6) is 0 Å². The molecule has 2 aromatic heterocycles. The van der Waals surface area contributed by atoms with Gasteiger partial charge in [0, 0.05) is 137 Å². The third kappa shape index (κ3) is 9.67. The van der Waals surface area contributed by atoms with Crippen molar-refractivity contribution in [3.05, 3.63) is 119 Å². The number of nitrogens with zero attached hydrogens (tertiary/aromatic N) is 12. The number of fused-ring (bicyclic) bond motifs is 2. The first-order valence-electron chi connectivity index (χ1n) is 27.4. The Morgan fingerprint density at radius 1 is 0.632 bits per heavy atom. The van der Waals surface area contributed by atoms with Gasteiger partial charge in [0.15, 0.2) is 0 Å². The van der Waals surface area contributed by atoms with Gasteiger partial charge in [-0.25, -0.2) is 18.7 Å². The molecule has 0 N–H and O–H groups in total. The number of anilines is 2. The van der Waals surface area contributed by atoms with Crippen LogP contribution in [0.25, 0.3) is 22.3 Å². The van der Waals surface area contributed by atoms with Crippen LogP contribution in [0, 0.1) is 45.1 Å². The monoisotopic (exact) mass is 1030 g/mol. The smallest absolute Gasteiger partial charge is 0.245 e. The molecule has 16 heteroatoms. The molecule has 4 aromatic rings. The van der Waals surface area contributed by atoms with E-state index in [2.05, 4.69) is 68.8 Å². The Kier molecular flexibility index (Phi) is 14.3. The maximum Gasteiger partial charge on any atom is 0.245 e. The number of carbonyl (C=O) groups is 2. The van der Waals surface area contributed by atoms with E-state index in [4.69, 9.17) is 9.97 Å². The number of halogens is 2. The molecule has 2 spiro atoms. The molecule has 8 aliphatic heterocycles. The van der Waals surface area contributed by atoms with Gasteiger partial charge in [0.25, 0.3) is 0 Å². The van der Waals surface area contributed by atoms with Crippen molar-refractivity contribution in [2.45, 2.75) is 76.5 Å². The number of likely N-dealkylation sites (N-methyl/N-ethyl adjacent to an activating group) is 2. The first-order chi connectivity index (χ1) is 36.8. The van der Waals surface area contributed by atoms with Crippen molar-refractivity contribution in [2.24, 2.45) is 10.8 Å². The van der Waals surface area contributed by atoms with Gasteiger partial charge in [0.05, 0.1) is 11.4 Å². The predicted molar refractivity (Wildman–Crippen MR) is 290 cm³/mol. The number of aromatic nitrogens is 2. The zero-order valence-electron chi connectivity index (χ0n) is 44.3. The molecule has 6 saturated heterocycles. The van der Waals surface area contributed by atoms with Gasteiger partial charge in [0.1, 0.15) is 46.5 Å². The summed E-state index contributed by atoms with van der Waals surface area (Å²) < 4.78 is 30.4. The fraction of sp³-hybridized carbons (Fsp3) is 0.500. The van der Waals surface area contributed by atoms with Crippen LogP contribution in [0.2, 0.25) is 0 Å². The second kappa shape index (κ2) is 21.1. The van der Waals surface area contributed by atoms with E-state index in [0.29, 0.717) is 96.4 Å². The third-order valence-corrected chi connectivity index (χ3v) is 18.2. The molecule has 10 heterocycles. The van der Waals surface area contributed by atoms with Crippen molar-refractivity contribution in [1.29, 1.82) is 10.5 Å². The zero-order chi connectivity index (χ0) is 52.9. The summed E-state index contributed by atoms with van der Waals surface area (Å²) in [5.41, 5.74) is 7.27. The number of pyridine rings is 2. The first-order valence-corrected chi connectivity index (χ1v) is 27.4. The van der Waals surface area contributed by atoms with Gasteiger partial charge in [-0.15, -0.1) is 0 Å². The molecule has 0 unspecified atom stereocenters. The standard InChI is InChI=1S/2C30H35FN6O/c2*1-3-27(38)37-19-30(20-37)11-14-36(18-30)29-24(15-32)28(22-8-4-5-9-25(22)31)23-10-13-35(17-26(23)33-29)16-21-7-6-12-34(21)2/h2*3-5,8-9,21H,1,6-7,10-14,16-20H2,2H3/t2*21-/m10/s1. The van der Waals surface area contributed by atoms with E-state index in [0.717, 1.165) is 114 Å². The van der Waals surface area contributed by atoms with E-state index in [1.165, 1.54) is 50.0 Å². The molecule has 2 amide bonds. The number of amides is 2. The van der Waals surface area contributed by atoms with Gasteiger partial charge < -0.3 is 29.4 Å². The lowest BCUT2D eigenvalue weighted by molar-refractivity contribution is -0.137. The molecule has 396 valence electrons. The van der Waals surface area contributed by atoms with E-state index in [-0.39, 0.29) is 34.3 Å². The highest BCUT2D eigenvalue weighted by Crippen LogP contribution is 2.47. The van der Waals surface area contributed by atoms with E-state index in [1.54, 1.807) is 24.3 Å². The van der Waals surface area contributed by atoms with Crippen LogP contribution < -0.4 is 9.80 Å². The summed E-state index contributed by atoms with van der Waals surface area (Å²) in [7, 11) is 4.41. The minimum absolute atomic E-state index is 0.0141. The summed E-state index contributed by atoms with van der Waals surface area (Å²) >= 11 is 0. The van der Waals surface area contributed by atoms with Crippen molar-refractivity contribution in [3.8, 4) is 34.4 Å². The van der Waals surface area contributed by atoms with Crippen LogP contribution in [-0.4, -0.2) is 169 Å². The van der Waals surface area contributed by atoms with Crippen molar-refractivity contribution in [1.82, 2.24) is 39.4 Å². The van der Waals surface area contributed by atoms with Gasteiger partial charge >= 0.3 is 0 Å². The molecule has 76 heavy (non-hydrogen) atoms. The van der Waals surface area contributed by atoms with E-state index < -0.39 is 0 Å². The van der Waals surface area contributed by atoms with Gasteiger partial charge in [-0.05, 0) is 114 Å². The Labute approximate surface area is 446 Å². The number of benzene rings is 2. The van der Waals surface area contributed by atoms with Crippen molar-refractivity contribution in [2.75, 3.05) is 116 Å². The quantitative estimate of drug-likeness (QED) is 0.154. The highest BCUT2D eigenvalue weighted by Gasteiger charge is 2.51. The van der Waals surface area contributed by atoms with Crippen molar-refractivity contribution >= 4 is 23.5 Å². The maximum absolute atomic E-state index is 15.2. The van der Waals surface area contributed by atoms with E-state index in [1.807, 2.05) is 21.9 Å². The fourth-order valence-electron chi connectivity index (χ4n) is 14.0. The second-order valence-electron chi connectivity index (χ2n) is 23.1. The van der Waals surface area contributed by atoms with Crippen molar-refractivity contribution in [3.63, 3.8) is 0 Å². The van der Waals surface area contributed by atoms with Crippen LogP contribution in [0.1, 0.15) is 72.2 Å². The summed E-state index contributed by atoms with van der Waals surface area (Å²) in [6, 6.07) is 19.5. The normalized spacial score (nSPS) is 22.8. The van der Waals surface area contributed by atoms with Gasteiger partial charge in [-0.2, -0.15) is 10.5 Å². The molecule has 0 bridgehead atoms. The highest BCUT2D eigenvalue weighted by molar-refractivity contribution is 5.88. The summed E-state index contributed by atoms with van der Waals surface area (Å²) in [5, 5.41) is 20.8. The van der Waals surface area contributed by atoms with Gasteiger partial charge in [0.2, 0.25) is 11.8 Å². The number of rotatable bonds is 10. The SMILES string of the molecule is C=CC(=O)N1CC2(CCN(c3nc4c(c(-c5ccccc5F)c3C#N)CCN(C[C@@H]3CCCN3C)C4)C2)C1.C=CC(=O)N1CC2(CCN(c3nc4c(c(-c5ccccc5F)c3C#N)CCN(C[C@H]3CCCN3C)C4)C2)C1. The molecular weight excluding hydrogens is 959 g/mol. The molecular formula is C60H70F2N12O2. The lowest BCUT2D eigenvalue weighted by Crippen LogP contribution is -2.59. The summed E-state index contributed by atoms with van der Waals surface area (Å²) in [5.74, 6) is 0.633. The number of nitriles is 2. The number of hydrogen-bond donors (Lipinski definition) is 0. The molecule has 6 fully saturated rings. The fourth-order valence-corrected chi connectivity index (χ4v) is 14.0. The lowest BCUT2D eigenvalue weighted by Gasteiger charge is -2.47. The van der Waals surface area contributed by atoms with Crippen LogP contribution in [-0.2, 0) is 35.5 Å². The zero-order valence-corrected chi connectivity index (χ0v) is 44.3. The Balaban J connectivity index is 0.000000162. The Morgan fingerprint density at radius 3 is 1.39 bits per heavy atom. The molecule has 12 rings (SSSR count). The largest absolute Gasteiger partial charge is 0.355 e. The summed E-state index contributed by atoms with van der Waals surface area (Å²) in [4.78, 5) is 52.3. The number of likely N-dealkylation sites (tertiary alicyclic amines) is 4. The summed E-state index contributed by atoms with van der Waals surface area (Å²) in [6.07, 6.45) is 11.0. The third-order valence-electron chi connectivity index (χ3n) is 18.2. The lowest BCUT2D eigenvalue weighted by atomic mass is 9.79. The van der Waals surface area contributed by atoms with E-state index in [9.17, 15) is 20.1 Å². The minimum Gasteiger partial charge on any atom is -0.355 e. The topological polar surface area (TPSA) is 133 Å². The minimum atomic E-state index is -0.311. The average Bonchev–Trinajstić information content (AvgIpc) is 4.29.